The molecule has 122 valence electrons. The number of aromatic nitrogens is 3. The normalized spacial score (nSPS) is 11.0. The molecule has 0 radical (unpaired) electrons. The van der Waals surface area contributed by atoms with Gasteiger partial charge in [-0.05, 0) is 29.8 Å². The lowest BCUT2D eigenvalue weighted by Gasteiger charge is -2.07. The van der Waals surface area contributed by atoms with Crippen molar-refractivity contribution in [2.24, 2.45) is 0 Å². The third kappa shape index (κ3) is 4.10. The van der Waals surface area contributed by atoms with Gasteiger partial charge in [0.2, 0.25) is 11.9 Å². The first kappa shape index (κ1) is 16.4. The smallest absolute Gasteiger partial charge is 0.232 e. The predicted octanol–water partition coefficient (Wildman–Crippen LogP) is 3.91. The molecule has 0 aliphatic rings. The van der Waals surface area contributed by atoms with Gasteiger partial charge in [-0.25, -0.2) is 0 Å². The first-order valence-corrected chi connectivity index (χ1v) is 7.74. The van der Waals surface area contributed by atoms with E-state index in [1.807, 2.05) is 42.5 Å². The van der Waals surface area contributed by atoms with E-state index in [2.05, 4.69) is 26.3 Å². The number of nitrogens with two attached hydrogens (primary N) is 1. The average molecular weight is 349 g/mol. The topological polar surface area (TPSA) is 101 Å². The van der Waals surface area contributed by atoms with E-state index in [4.69, 9.17) is 17.3 Å². The summed E-state index contributed by atoms with van der Waals surface area (Å²) in [6.07, 6.45) is 1.61. The van der Waals surface area contributed by atoms with Crippen molar-refractivity contribution < 1.29 is 0 Å². The third-order valence-corrected chi connectivity index (χ3v) is 3.59. The van der Waals surface area contributed by atoms with Gasteiger partial charge in [0.1, 0.15) is 6.07 Å². The second-order valence-corrected chi connectivity index (χ2v) is 5.43. The Balaban J connectivity index is 1.98. The van der Waals surface area contributed by atoms with Crippen LogP contribution in [0.25, 0.3) is 11.6 Å². The van der Waals surface area contributed by atoms with Gasteiger partial charge in [0.15, 0.2) is 5.82 Å². The second-order valence-electron chi connectivity index (χ2n) is 5.02. The molecule has 1 aromatic heterocycles. The molecular weight excluding hydrogens is 336 g/mol. The molecule has 0 bridgehead atoms. The largest absolute Gasteiger partial charge is 0.368 e. The van der Waals surface area contributed by atoms with Crippen LogP contribution in [0, 0.1) is 11.3 Å². The van der Waals surface area contributed by atoms with Crippen molar-refractivity contribution in [2.45, 2.75) is 0 Å². The predicted molar refractivity (Wildman–Crippen MR) is 98.9 cm³/mol. The SMILES string of the molecule is N#C/C(=C\c1ccccc1Cl)c1nc(N)nc(Nc2ccccc2)n1. The van der Waals surface area contributed by atoms with E-state index in [1.165, 1.54) is 0 Å². The van der Waals surface area contributed by atoms with Crippen molar-refractivity contribution in [3.8, 4) is 6.07 Å². The van der Waals surface area contributed by atoms with Gasteiger partial charge in [0.05, 0.1) is 5.57 Å². The minimum absolute atomic E-state index is 0.0174. The molecule has 0 amide bonds. The van der Waals surface area contributed by atoms with Gasteiger partial charge in [-0.15, -0.1) is 0 Å². The molecule has 3 rings (SSSR count). The number of nitrogens with zero attached hydrogens (tertiary/aromatic N) is 4. The molecule has 1 heterocycles. The minimum atomic E-state index is 0.0174. The van der Waals surface area contributed by atoms with Crippen LogP contribution in [0.5, 0.6) is 0 Å². The van der Waals surface area contributed by atoms with E-state index >= 15 is 0 Å². The van der Waals surface area contributed by atoms with E-state index in [0.717, 1.165) is 5.69 Å². The Labute approximate surface area is 149 Å². The summed E-state index contributed by atoms with van der Waals surface area (Å²) in [6.45, 7) is 0. The maximum Gasteiger partial charge on any atom is 0.232 e. The molecule has 7 heteroatoms. The molecule has 0 saturated carbocycles. The molecule has 0 aliphatic heterocycles. The first-order valence-electron chi connectivity index (χ1n) is 7.36. The maximum absolute atomic E-state index is 9.48. The molecule has 0 spiro atoms. The van der Waals surface area contributed by atoms with Gasteiger partial charge in [-0.1, -0.05) is 48.0 Å². The van der Waals surface area contributed by atoms with Crippen molar-refractivity contribution in [2.75, 3.05) is 11.1 Å². The zero-order valence-electron chi connectivity index (χ0n) is 13.0. The molecule has 0 unspecified atom stereocenters. The molecular formula is C18H13ClN6. The summed E-state index contributed by atoms with van der Waals surface area (Å²) in [7, 11) is 0. The number of hydrogen-bond acceptors (Lipinski definition) is 6. The second kappa shape index (κ2) is 7.43. The van der Waals surface area contributed by atoms with Crippen molar-refractivity contribution in [1.29, 1.82) is 5.26 Å². The Morgan fingerprint density at radius 3 is 2.48 bits per heavy atom. The number of para-hydroxylation sites is 1. The van der Waals surface area contributed by atoms with Crippen molar-refractivity contribution >= 4 is 40.8 Å². The maximum atomic E-state index is 9.48. The molecule has 2 aromatic carbocycles. The Morgan fingerprint density at radius 2 is 1.76 bits per heavy atom. The van der Waals surface area contributed by atoms with E-state index in [9.17, 15) is 5.26 Å². The van der Waals surface area contributed by atoms with Gasteiger partial charge < -0.3 is 11.1 Å². The van der Waals surface area contributed by atoms with Crippen LogP contribution < -0.4 is 11.1 Å². The number of hydrogen-bond donors (Lipinski definition) is 2. The highest BCUT2D eigenvalue weighted by Gasteiger charge is 2.10. The number of nitriles is 1. The highest BCUT2D eigenvalue weighted by Crippen LogP contribution is 2.22. The summed E-state index contributed by atoms with van der Waals surface area (Å²) in [5, 5.41) is 13.0. The molecule has 0 saturated heterocycles. The molecule has 0 aliphatic carbocycles. The van der Waals surface area contributed by atoms with Gasteiger partial charge in [0, 0.05) is 10.7 Å². The minimum Gasteiger partial charge on any atom is -0.368 e. The first-order chi connectivity index (χ1) is 12.2. The van der Waals surface area contributed by atoms with E-state index in [1.54, 1.807) is 18.2 Å². The fraction of sp³-hybridized carbons (Fsp3) is 0. The number of rotatable bonds is 4. The Bertz CT molecular complexity index is 963. The number of benzene rings is 2. The van der Waals surface area contributed by atoms with E-state index < -0.39 is 0 Å². The molecule has 6 nitrogen and oxygen atoms in total. The number of halogens is 1. The summed E-state index contributed by atoms with van der Waals surface area (Å²) in [4.78, 5) is 12.4. The van der Waals surface area contributed by atoms with Gasteiger partial charge >= 0.3 is 0 Å². The highest BCUT2D eigenvalue weighted by atomic mass is 35.5. The lowest BCUT2D eigenvalue weighted by atomic mass is 10.1. The molecule has 0 atom stereocenters. The summed E-state index contributed by atoms with van der Waals surface area (Å²) in [5.74, 6) is 0.450. The van der Waals surface area contributed by atoms with Crippen LogP contribution >= 0.6 is 11.6 Å². The molecule has 3 aromatic rings. The summed E-state index contributed by atoms with van der Waals surface area (Å²) in [6, 6.07) is 18.7. The van der Waals surface area contributed by atoms with Crippen molar-refractivity contribution in [1.82, 2.24) is 15.0 Å². The molecule has 25 heavy (non-hydrogen) atoms. The average Bonchev–Trinajstić information content (AvgIpc) is 2.61. The Morgan fingerprint density at radius 1 is 1.04 bits per heavy atom. The van der Waals surface area contributed by atoms with Crippen LogP contribution in [0.3, 0.4) is 0 Å². The fourth-order valence-corrected chi connectivity index (χ4v) is 2.30. The fourth-order valence-electron chi connectivity index (χ4n) is 2.11. The van der Waals surface area contributed by atoms with Gasteiger partial charge in [0.25, 0.3) is 0 Å². The van der Waals surface area contributed by atoms with E-state index in [-0.39, 0.29) is 23.3 Å². The van der Waals surface area contributed by atoms with Crippen LogP contribution in [0.15, 0.2) is 54.6 Å². The Kier molecular flexibility index (Phi) is 4.88. The van der Waals surface area contributed by atoms with Gasteiger partial charge in [-0.2, -0.15) is 20.2 Å². The monoisotopic (exact) mass is 348 g/mol. The van der Waals surface area contributed by atoms with Crippen LogP contribution in [-0.4, -0.2) is 15.0 Å². The van der Waals surface area contributed by atoms with E-state index in [0.29, 0.717) is 10.6 Å². The quantitative estimate of drug-likeness (QED) is 0.693. The summed E-state index contributed by atoms with van der Waals surface area (Å²) in [5.41, 5.74) is 7.49. The lowest BCUT2D eigenvalue weighted by Crippen LogP contribution is -2.06. The lowest BCUT2D eigenvalue weighted by molar-refractivity contribution is 1.04. The van der Waals surface area contributed by atoms with Crippen LogP contribution in [0.2, 0.25) is 5.02 Å². The summed E-state index contributed by atoms with van der Waals surface area (Å²) < 4.78 is 0. The highest BCUT2D eigenvalue weighted by molar-refractivity contribution is 6.32. The van der Waals surface area contributed by atoms with Crippen LogP contribution in [-0.2, 0) is 0 Å². The molecule has 3 N–H and O–H groups in total. The van der Waals surface area contributed by atoms with Crippen LogP contribution in [0.1, 0.15) is 11.4 Å². The number of nitrogen functional groups attached to an aromatic ring is 1. The van der Waals surface area contributed by atoms with Crippen LogP contribution in [0.4, 0.5) is 17.6 Å². The standard InChI is InChI=1S/C18H13ClN6/c19-15-9-5-4-6-12(15)10-13(11-20)16-23-17(21)25-18(24-16)22-14-7-2-1-3-8-14/h1-10H,(H3,21,22,23,24,25)/b13-10+. The summed E-state index contributed by atoms with van der Waals surface area (Å²) >= 11 is 6.14. The molecule has 0 fully saturated rings. The zero-order valence-corrected chi connectivity index (χ0v) is 13.8. The van der Waals surface area contributed by atoms with Gasteiger partial charge in [-0.3, -0.25) is 0 Å². The van der Waals surface area contributed by atoms with Crippen molar-refractivity contribution in [3.63, 3.8) is 0 Å². The van der Waals surface area contributed by atoms with Crippen molar-refractivity contribution in [3.05, 3.63) is 71.0 Å². The number of anilines is 3. The number of nitrogens with one attached hydrogen (secondary N) is 1. The Hall–Kier alpha value is -3.43. The third-order valence-electron chi connectivity index (χ3n) is 3.25. The number of allylic oxidation sites excluding steroid dienone is 1. The zero-order chi connectivity index (χ0) is 17.6.